The number of nitrogens with one attached hydrogen (secondary N) is 2. The van der Waals surface area contributed by atoms with E-state index >= 15 is 0 Å². The van der Waals surface area contributed by atoms with Crippen LogP contribution in [0.1, 0.15) is 10.6 Å². The van der Waals surface area contributed by atoms with Crippen LogP contribution in [0.5, 0.6) is 5.75 Å². The van der Waals surface area contributed by atoms with Gasteiger partial charge in [-0.15, -0.1) is 0 Å². The standard InChI is InChI=1S/C28H35N5O5/c1-30-7-11-33(12-8-30)24-18-22(37-2)17-23-25(35)19-26(38-27(23)24)28(36)29-20-3-5-21(6-4-20)32-13-9-31(10-14-32)15-16-34/h3-6,17-19,34H,7-16H2,1-2H3,(H,29,36)/p+1. The quantitative estimate of drug-likeness (QED) is 0.413. The van der Waals surface area contributed by atoms with Crippen LogP contribution in [0, 0.1) is 0 Å². The highest BCUT2D eigenvalue weighted by atomic mass is 16.5. The van der Waals surface area contributed by atoms with Crippen molar-refractivity contribution in [2.24, 2.45) is 0 Å². The Morgan fingerprint density at radius 2 is 1.74 bits per heavy atom. The van der Waals surface area contributed by atoms with Gasteiger partial charge in [-0.05, 0) is 30.3 Å². The summed E-state index contributed by atoms with van der Waals surface area (Å²) in [5, 5.41) is 12.4. The summed E-state index contributed by atoms with van der Waals surface area (Å²) < 4.78 is 11.5. The lowest BCUT2D eigenvalue weighted by molar-refractivity contribution is -0.880. The van der Waals surface area contributed by atoms with Crippen molar-refractivity contribution in [1.29, 1.82) is 0 Å². The fourth-order valence-electron chi connectivity index (χ4n) is 5.13. The number of amides is 1. The first kappa shape index (κ1) is 26.0. The zero-order chi connectivity index (χ0) is 26.6. The maximum atomic E-state index is 13.1. The van der Waals surface area contributed by atoms with Gasteiger partial charge in [-0.2, -0.15) is 0 Å². The van der Waals surface area contributed by atoms with Crippen molar-refractivity contribution in [3.05, 3.63) is 58.4 Å². The molecule has 3 N–H and O–H groups in total. The molecule has 1 aromatic heterocycles. The van der Waals surface area contributed by atoms with Gasteiger partial charge in [0.05, 0.1) is 58.0 Å². The minimum absolute atomic E-state index is 0.0299. The number of aliphatic hydroxyl groups is 1. The van der Waals surface area contributed by atoms with Gasteiger partial charge in [-0.1, -0.05) is 0 Å². The van der Waals surface area contributed by atoms with Gasteiger partial charge in [0, 0.05) is 56.2 Å². The first-order valence-electron chi connectivity index (χ1n) is 13.2. The number of β-amino-alcohol motifs (C(OH)–C–C–N with tert-alkyl or cyclic N) is 1. The Morgan fingerprint density at radius 3 is 2.39 bits per heavy atom. The molecule has 3 heterocycles. The van der Waals surface area contributed by atoms with Crippen LogP contribution in [0.2, 0.25) is 0 Å². The average molecular weight is 523 g/mol. The van der Waals surface area contributed by atoms with Crippen molar-refractivity contribution >= 4 is 33.9 Å². The smallest absolute Gasteiger partial charge is 0.291 e. The first-order chi connectivity index (χ1) is 18.4. The van der Waals surface area contributed by atoms with E-state index in [-0.39, 0.29) is 17.8 Å². The molecule has 2 aliphatic rings. The number of rotatable bonds is 7. The predicted molar refractivity (Wildman–Crippen MR) is 148 cm³/mol. The summed E-state index contributed by atoms with van der Waals surface area (Å²) in [5.74, 6) is 0.0786. The third-order valence-electron chi connectivity index (χ3n) is 7.48. The molecule has 3 aromatic rings. The van der Waals surface area contributed by atoms with Gasteiger partial charge in [-0.3, -0.25) is 14.5 Å². The Kier molecular flexibility index (Phi) is 7.82. The Balaban J connectivity index is 1.34. The summed E-state index contributed by atoms with van der Waals surface area (Å²) in [5.41, 5.74) is 2.58. The van der Waals surface area contributed by atoms with Gasteiger partial charge in [0.1, 0.15) is 5.75 Å². The lowest BCUT2D eigenvalue weighted by Gasteiger charge is -2.35. The molecule has 0 unspecified atom stereocenters. The van der Waals surface area contributed by atoms with E-state index in [4.69, 9.17) is 14.3 Å². The number of carbonyl (C=O) groups is 1. The topological polar surface area (TPSA) is 103 Å². The van der Waals surface area contributed by atoms with Crippen LogP contribution < -0.4 is 30.2 Å². The molecule has 2 aliphatic heterocycles. The van der Waals surface area contributed by atoms with Crippen molar-refractivity contribution < 1.29 is 24.0 Å². The number of piperazine rings is 2. The number of nitrogens with zero attached hydrogens (tertiary/aromatic N) is 3. The molecule has 0 bridgehead atoms. The van der Waals surface area contributed by atoms with E-state index in [0.717, 1.165) is 63.7 Å². The van der Waals surface area contributed by atoms with Crippen LogP contribution in [-0.4, -0.2) is 95.6 Å². The summed E-state index contributed by atoms with van der Waals surface area (Å²) in [6, 6.07) is 12.5. The minimum Gasteiger partial charge on any atom is -0.497 e. The number of methoxy groups -OCH3 is 1. The van der Waals surface area contributed by atoms with E-state index in [0.29, 0.717) is 29.0 Å². The molecule has 0 atom stereocenters. The third-order valence-corrected chi connectivity index (χ3v) is 7.48. The lowest BCUT2D eigenvalue weighted by atomic mass is 10.1. The first-order valence-corrected chi connectivity index (χ1v) is 13.2. The number of hydrogen-bond donors (Lipinski definition) is 3. The molecule has 0 radical (unpaired) electrons. The third kappa shape index (κ3) is 5.62. The van der Waals surface area contributed by atoms with E-state index in [1.807, 2.05) is 30.3 Å². The minimum atomic E-state index is -0.473. The number of hydrogen-bond acceptors (Lipinski definition) is 8. The molecule has 2 aromatic carbocycles. The molecule has 0 spiro atoms. The number of ether oxygens (including phenoxy) is 1. The molecule has 5 rings (SSSR count). The zero-order valence-corrected chi connectivity index (χ0v) is 22.0. The van der Waals surface area contributed by atoms with Gasteiger partial charge in [-0.25, -0.2) is 0 Å². The Hall–Kier alpha value is -3.60. The van der Waals surface area contributed by atoms with Crippen LogP contribution in [0.15, 0.2) is 51.7 Å². The van der Waals surface area contributed by atoms with Gasteiger partial charge >= 0.3 is 0 Å². The van der Waals surface area contributed by atoms with Crippen LogP contribution in [0.4, 0.5) is 17.1 Å². The van der Waals surface area contributed by atoms with Crippen LogP contribution >= 0.6 is 0 Å². The summed E-state index contributed by atoms with van der Waals surface area (Å²) in [6.07, 6.45) is 0. The number of carbonyl (C=O) groups excluding carboxylic acids is 1. The fraction of sp³-hybridized carbons (Fsp3) is 0.429. The summed E-state index contributed by atoms with van der Waals surface area (Å²) in [7, 11) is 3.74. The molecule has 202 valence electrons. The second-order valence-electron chi connectivity index (χ2n) is 10.00. The number of aliphatic hydroxyl groups excluding tert-OH is 1. The highest BCUT2D eigenvalue weighted by Crippen LogP contribution is 2.31. The molecule has 0 aliphatic carbocycles. The Labute approximate surface area is 222 Å². The maximum Gasteiger partial charge on any atom is 0.291 e. The van der Waals surface area contributed by atoms with Gasteiger partial charge in [0.2, 0.25) is 0 Å². The highest BCUT2D eigenvalue weighted by Gasteiger charge is 2.23. The molecule has 2 saturated heterocycles. The number of likely N-dealkylation sites (N-methyl/N-ethyl adjacent to an activating group) is 1. The zero-order valence-electron chi connectivity index (χ0n) is 22.0. The molecule has 10 nitrogen and oxygen atoms in total. The second-order valence-corrected chi connectivity index (χ2v) is 10.00. The van der Waals surface area contributed by atoms with E-state index in [2.05, 4.69) is 27.1 Å². The van der Waals surface area contributed by atoms with Crippen LogP contribution in [0.3, 0.4) is 0 Å². The number of quaternary nitrogens is 1. The van der Waals surface area contributed by atoms with Gasteiger partial charge in [0.25, 0.3) is 5.91 Å². The monoisotopic (exact) mass is 522 g/mol. The summed E-state index contributed by atoms with van der Waals surface area (Å²) in [6.45, 7) is 8.04. The number of fused-ring (bicyclic) bond motifs is 1. The Morgan fingerprint density at radius 1 is 1.03 bits per heavy atom. The average Bonchev–Trinajstić information content (AvgIpc) is 2.94. The summed E-state index contributed by atoms with van der Waals surface area (Å²) >= 11 is 0. The van der Waals surface area contributed by atoms with Crippen molar-refractivity contribution in [1.82, 2.24) is 4.90 Å². The lowest BCUT2D eigenvalue weighted by Crippen LogP contribution is -3.12. The molecule has 38 heavy (non-hydrogen) atoms. The number of benzene rings is 2. The van der Waals surface area contributed by atoms with E-state index in [1.165, 1.54) is 11.0 Å². The van der Waals surface area contributed by atoms with Crippen molar-refractivity contribution in [3.63, 3.8) is 0 Å². The van der Waals surface area contributed by atoms with E-state index < -0.39 is 5.91 Å². The van der Waals surface area contributed by atoms with E-state index in [9.17, 15) is 9.59 Å². The van der Waals surface area contributed by atoms with E-state index in [1.54, 1.807) is 13.2 Å². The molecule has 2 fully saturated rings. The molecular weight excluding hydrogens is 486 g/mol. The Bertz CT molecular complexity index is 1330. The van der Waals surface area contributed by atoms with Gasteiger partial charge < -0.3 is 34.3 Å². The van der Waals surface area contributed by atoms with Crippen molar-refractivity contribution in [3.8, 4) is 5.75 Å². The van der Waals surface area contributed by atoms with Crippen LogP contribution in [0.25, 0.3) is 11.0 Å². The highest BCUT2D eigenvalue weighted by molar-refractivity contribution is 6.03. The van der Waals surface area contributed by atoms with Gasteiger partial charge in [0.15, 0.2) is 16.8 Å². The normalized spacial score (nSPS) is 17.1. The predicted octanol–water partition coefficient (Wildman–Crippen LogP) is 0.503. The number of anilines is 3. The van der Waals surface area contributed by atoms with Crippen molar-refractivity contribution in [2.45, 2.75) is 0 Å². The molecule has 0 saturated carbocycles. The SMILES string of the molecule is COc1cc(N2CC[NH+](C)CC2)c2oc(C(=O)Nc3ccc(N4CCN(CCO)CC4)cc3)cc(=O)c2c1. The second kappa shape index (κ2) is 11.4. The van der Waals surface area contributed by atoms with Crippen LogP contribution in [-0.2, 0) is 0 Å². The van der Waals surface area contributed by atoms with Crippen molar-refractivity contribution in [2.75, 3.05) is 94.8 Å². The largest absolute Gasteiger partial charge is 0.497 e. The summed E-state index contributed by atoms with van der Waals surface area (Å²) in [4.78, 5) is 34.3. The molecule has 10 heteroatoms. The molecular formula is C28H36N5O5+. The maximum absolute atomic E-state index is 13.1. The fourth-order valence-corrected chi connectivity index (χ4v) is 5.13. The molecule has 1 amide bonds.